The smallest absolute Gasteiger partial charge is 0.277 e. The Balaban J connectivity index is 1.72. The number of aromatic amines is 1. The van der Waals surface area contributed by atoms with Crippen LogP contribution in [0.15, 0.2) is 48.5 Å². The Bertz CT molecular complexity index is 809. The summed E-state index contributed by atoms with van der Waals surface area (Å²) in [5.41, 5.74) is 2.42. The van der Waals surface area contributed by atoms with E-state index in [0.29, 0.717) is 11.3 Å². The largest absolute Gasteiger partial charge is 0.483 e. The minimum atomic E-state index is -0.236. The lowest BCUT2D eigenvalue weighted by Crippen LogP contribution is -2.25. The van der Waals surface area contributed by atoms with Crippen molar-refractivity contribution in [1.29, 1.82) is 0 Å². The van der Waals surface area contributed by atoms with Crippen LogP contribution in [0.1, 0.15) is 29.2 Å². The van der Waals surface area contributed by atoms with Crippen molar-refractivity contribution in [2.75, 3.05) is 14.2 Å². The van der Waals surface area contributed by atoms with Gasteiger partial charge in [0.2, 0.25) is 0 Å². The molecule has 0 saturated carbocycles. The Hall–Kier alpha value is -2.86. The van der Waals surface area contributed by atoms with E-state index in [1.807, 2.05) is 31.2 Å². The van der Waals surface area contributed by atoms with Gasteiger partial charge in [0.25, 0.3) is 5.91 Å². The quantitative estimate of drug-likeness (QED) is 0.731. The molecule has 124 valence electrons. The number of nitrogens with one attached hydrogen (secondary N) is 1. The fraction of sp³-hybridized carbons (Fsp3) is 0.222. The number of hydroxylamine groups is 2. The molecule has 0 aliphatic carbocycles. The van der Waals surface area contributed by atoms with Gasteiger partial charge in [-0.2, -0.15) is 0 Å². The molecule has 3 rings (SSSR count). The third kappa shape index (κ3) is 3.23. The zero-order valence-electron chi connectivity index (χ0n) is 13.8. The fourth-order valence-electron chi connectivity index (χ4n) is 2.37. The molecule has 0 fully saturated rings. The molecule has 0 radical (unpaired) electrons. The van der Waals surface area contributed by atoms with Crippen molar-refractivity contribution in [2.24, 2.45) is 0 Å². The molecule has 0 spiro atoms. The van der Waals surface area contributed by atoms with Gasteiger partial charge in [0.1, 0.15) is 11.6 Å². The number of hydrogen-bond acceptors (Lipinski definition) is 4. The van der Waals surface area contributed by atoms with Gasteiger partial charge in [-0.3, -0.25) is 9.63 Å². The number of benzene rings is 2. The fourth-order valence-corrected chi connectivity index (χ4v) is 2.37. The average molecular weight is 325 g/mol. The lowest BCUT2D eigenvalue weighted by atomic mass is 10.2. The lowest BCUT2D eigenvalue weighted by molar-refractivity contribution is -0.0757. The van der Waals surface area contributed by atoms with Crippen LogP contribution in [0.25, 0.3) is 11.0 Å². The first-order chi connectivity index (χ1) is 11.6. The number of carbonyl (C=O) groups is 1. The molecule has 1 N–H and O–H groups in total. The standard InChI is InChI=1S/C18H19N3O3/c1-12(17-19-15-6-4-5-7-16(15)20-17)24-14-10-8-13(9-11-14)18(22)21(2)23-3/h4-12H,1-3H3,(H,19,20). The van der Waals surface area contributed by atoms with Gasteiger partial charge in [-0.15, -0.1) is 0 Å². The number of aromatic nitrogens is 2. The molecule has 1 heterocycles. The minimum absolute atomic E-state index is 0.214. The van der Waals surface area contributed by atoms with E-state index < -0.39 is 0 Å². The maximum atomic E-state index is 12.0. The van der Waals surface area contributed by atoms with Gasteiger partial charge in [-0.05, 0) is 43.3 Å². The molecule has 0 aliphatic heterocycles. The van der Waals surface area contributed by atoms with Crippen molar-refractivity contribution in [1.82, 2.24) is 15.0 Å². The van der Waals surface area contributed by atoms with Crippen LogP contribution in [0.3, 0.4) is 0 Å². The molecule has 1 unspecified atom stereocenters. The first-order valence-corrected chi connectivity index (χ1v) is 7.62. The number of hydrogen-bond donors (Lipinski definition) is 1. The number of fused-ring (bicyclic) bond motifs is 1. The maximum Gasteiger partial charge on any atom is 0.277 e. The van der Waals surface area contributed by atoms with Crippen molar-refractivity contribution in [3.63, 3.8) is 0 Å². The molecule has 0 aliphatic rings. The summed E-state index contributed by atoms with van der Waals surface area (Å²) in [5.74, 6) is 1.21. The molecule has 3 aromatic rings. The zero-order chi connectivity index (χ0) is 17.1. The summed E-state index contributed by atoms with van der Waals surface area (Å²) in [6.07, 6.45) is -0.236. The summed E-state index contributed by atoms with van der Waals surface area (Å²) in [5, 5.41) is 1.17. The van der Waals surface area contributed by atoms with Gasteiger partial charge >= 0.3 is 0 Å². The molecule has 1 amide bonds. The van der Waals surface area contributed by atoms with E-state index in [4.69, 9.17) is 9.57 Å². The summed E-state index contributed by atoms with van der Waals surface area (Å²) >= 11 is 0. The molecule has 24 heavy (non-hydrogen) atoms. The highest BCUT2D eigenvalue weighted by Crippen LogP contribution is 2.22. The van der Waals surface area contributed by atoms with Crippen molar-refractivity contribution < 1.29 is 14.4 Å². The molecular weight excluding hydrogens is 306 g/mol. The van der Waals surface area contributed by atoms with E-state index in [9.17, 15) is 4.79 Å². The molecular formula is C18H19N3O3. The topological polar surface area (TPSA) is 67.4 Å². The van der Waals surface area contributed by atoms with Gasteiger partial charge < -0.3 is 9.72 Å². The average Bonchev–Trinajstić information content (AvgIpc) is 3.05. The number of ether oxygens (including phenoxy) is 1. The molecule has 1 atom stereocenters. The van der Waals surface area contributed by atoms with E-state index in [-0.39, 0.29) is 12.0 Å². The number of nitrogens with zero attached hydrogens (tertiary/aromatic N) is 2. The summed E-state index contributed by atoms with van der Waals surface area (Å²) in [7, 11) is 3.01. The predicted octanol–water partition coefficient (Wildman–Crippen LogP) is 3.34. The van der Waals surface area contributed by atoms with E-state index >= 15 is 0 Å². The first-order valence-electron chi connectivity index (χ1n) is 7.62. The SMILES string of the molecule is CON(C)C(=O)c1ccc(OC(C)c2nc3ccccc3[nH]2)cc1. The van der Waals surface area contributed by atoms with Crippen LogP contribution in [0.5, 0.6) is 5.75 Å². The van der Waals surface area contributed by atoms with Crippen LogP contribution in [0.4, 0.5) is 0 Å². The zero-order valence-corrected chi connectivity index (χ0v) is 13.8. The second kappa shape index (κ2) is 6.72. The highest BCUT2D eigenvalue weighted by Gasteiger charge is 2.14. The molecule has 0 bridgehead atoms. The third-order valence-electron chi connectivity index (χ3n) is 3.77. The monoisotopic (exact) mass is 325 g/mol. The molecule has 6 heteroatoms. The summed E-state index contributed by atoms with van der Waals surface area (Å²) in [6, 6.07) is 14.8. The van der Waals surface area contributed by atoms with Crippen LogP contribution in [0.2, 0.25) is 0 Å². The number of imidazole rings is 1. The number of H-pyrrole nitrogens is 1. The maximum absolute atomic E-state index is 12.0. The molecule has 2 aromatic carbocycles. The summed E-state index contributed by atoms with van der Waals surface area (Å²) in [4.78, 5) is 24.6. The van der Waals surface area contributed by atoms with Crippen molar-refractivity contribution >= 4 is 16.9 Å². The van der Waals surface area contributed by atoms with E-state index in [2.05, 4.69) is 9.97 Å². The van der Waals surface area contributed by atoms with Gasteiger partial charge in [0, 0.05) is 12.6 Å². The Morgan fingerprint density at radius 2 is 1.88 bits per heavy atom. The summed E-state index contributed by atoms with van der Waals surface area (Å²) in [6.45, 7) is 1.93. The van der Waals surface area contributed by atoms with E-state index in [0.717, 1.165) is 16.9 Å². The van der Waals surface area contributed by atoms with Crippen LogP contribution in [0, 0.1) is 0 Å². The Kier molecular flexibility index (Phi) is 4.48. The van der Waals surface area contributed by atoms with Gasteiger partial charge in [-0.25, -0.2) is 10.0 Å². The van der Waals surface area contributed by atoms with Crippen LogP contribution in [-0.2, 0) is 4.84 Å². The van der Waals surface area contributed by atoms with Crippen LogP contribution >= 0.6 is 0 Å². The van der Waals surface area contributed by atoms with Crippen molar-refractivity contribution in [2.45, 2.75) is 13.0 Å². The van der Waals surface area contributed by atoms with Gasteiger partial charge in [-0.1, -0.05) is 12.1 Å². The third-order valence-corrected chi connectivity index (χ3v) is 3.77. The molecule has 0 saturated heterocycles. The van der Waals surface area contributed by atoms with Crippen LogP contribution in [-0.4, -0.2) is 35.1 Å². The summed E-state index contributed by atoms with van der Waals surface area (Å²) < 4.78 is 5.90. The van der Waals surface area contributed by atoms with Gasteiger partial charge in [0.05, 0.1) is 18.1 Å². The Morgan fingerprint density at radius 3 is 2.54 bits per heavy atom. The molecule has 1 aromatic heterocycles. The van der Waals surface area contributed by atoms with E-state index in [1.165, 1.54) is 12.2 Å². The molecule has 6 nitrogen and oxygen atoms in total. The first kappa shape index (κ1) is 16.0. The van der Waals surface area contributed by atoms with Crippen LogP contribution < -0.4 is 4.74 Å². The van der Waals surface area contributed by atoms with Crippen molar-refractivity contribution in [3.8, 4) is 5.75 Å². The second-order valence-corrected chi connectivity index (χ2v) is 5.41. The number of carbonyl (C=O) groups excluding carboxylic acids is 1. The normalized spacial score (nSPS) is 12.1. The Labute approximate surface area is 140 Å². The highest BCUT2D eigenvalue weighted by molar-refractivity contribution is 5.93. The van der Waals surface area contributed by atoms with Crippen molar-refractivity contribution in [3.05, 3.63) is 59.9 Å². The highest BCUT2D eigenvalue weighted by atomic mass is 16.7. The number of amides is 1. The number of para-hydroxylation sites is 2. The van der Waals surface area contributed by atoms with Gasteiger partial charge in [0.15, 0.2) is 6.10 Å². The number of rotatable bonds is 5. The minimum Gasteiger partial charge on any atom is -0.483 e. The lowest BCUT2D eigenvalue weighted by Gasteiger charge is -2.15. The predicted molar refractivity (Wildman–Crippen MR) is 90.7 cm³/mol. The Morgan fingerprint density at radius 1 is 1.17 bits per heavy atom. The van der Waals surface area contributed by atoms with E-state index in [1.54, 1.807) is 31.3 Å². The second-order valence-electron chi connectivity index (χ2n) is 5.41.